The first-order chi connectivity index (χ1) is 11.5. The van der Waals surface area contributed by atoms with Crippen molar-refractivity contribution in [3.8, 4) is 0 Å². The van der Waals surface area contributed by atoms with Crippen LogP contribution in [0.4, 0.5) is 0 Å². The standard InChI is InChI=1S/C20H29Cl2O2P/c1-16(8-6-9-17(2)13-15-24-25(21,22)23)11-12-19-18(3)10-7-14-20(19,4)5/h6,8-9,11-13H,7,10,14-15H2,1-5H3. The van der Waals surface area contributed by atoms with Crippen LogP contribution >= 0.6 is 28.6 Å². The minimum Gasteiger partial charge on any atom is -0.302 e. The molecule has 0 bridgehead atoms. The largest absolute Gasteiger partial charge is 0.380 e. The molecule has 5 heteroatoms. The lowest BCUT2D eigenvalue weighted by molar-refractivity contribution is 0.376. The van der Waals surface area contributed by atoms with Crippen LogP contribution in [0.3, 0.4) is 0 Å². The maximum Gasteiger partial charge on any atom is 0.380 e. The van der Waals surface area contributed by atoms with Gasteiger partial charge in [0, 0.05) is 0 Å². The molecule has 1 rings (SSSR count). The Balaban J connectivity index is 2.66. The normalized spacial score (nSPS) is 20.1. The SMILES string of the molecule is CC(C=CC1=C(C)CCCC1(C)C)=CC=CC(C)=CCOP(=O)(Cl)Cl. The van der Waals surface area contributed by atoms with Gasteiger partial charge in [0.05, 0.1) is 6.61 Å². The Hall–Kier alpha value is -0.530. The van der Waals surface area contributed by atoms with E-state index in [9.17, 15) is 4.57 Å². The topological polar surface area (TPSA) is 26.3 Å². The van der Waals surface area contributed by atoms with Crippen molar-refractivity contribution in [1.82, 2.24) is 0 Å². The van der Waals surface area contributed by atoms with Gasteiger partial charge in [-0.3, -0.25) is 4.57 Å². The molecule has 0 aromatic carbocycles. The van der Waals surface area contributed by atoms with Gasteiger partial charge in [-0.05, 0) is 73.5 Å². The van der Waals surface area contributed by atoms with E-state index in [1.54, 1.807) is 6.08 Å². The molecule has 0 saturated carbocycles. The highest BCUT2D eigenvalue weighted by Gasteiger charge is 2.26. The number of hydrogen-bond acceptors (Lipinski definition) is 2. The van der Waals surface area contributed by atoms with Crippen LogP contribution in [0.1, 0.15) is 53.9 Å². The van der Waals surface area contributed by atoms with Crippen molar-refractivity contribution in [2.24, 2.45) is 5.41 Å². The molecule has 0 heterocycles. The summed E-state index contributed by atoms with van der Waals surface area (Å²) in [5.74, 6) is 0. The molecule has 25 heavy (non-hydrogen) atoms. The minimum atomic E-state index is -3.45. The van der Waals surface area contributed by atoms with Crippen molar-refractivity contribution in [3.63, 3.8) is 0 Å². The molecule has 0 spiro atoms. The minimum absolute atomic E-state index is 0.131. The summed E-state index contributed by atoms with van der Waals surface area (Å²) in [6, 6.07) is 0. The maximum atomic E-state index is 11.0. The first kappa shape index (κ1) is 22.5. The molecular formula is C20H29Cl2O2P. The highest BCUT2D eigenvalue weighted by Crippen LogP contribution is 2.57. The van der Waals surface area contributed by atoms with E-state index in [4.69, 9.17) is 27.0 Å². The lowest BCUT2D eigenvalue weighted by Crippen LogP contribution is -2.19. The summed E-state index contributed by atoms with van der Waals surface area (Å²) in [5.41, 5.74) is 5.41. The van der Waals surface area contributed by atoms with Gasteiger partial charge in [-0.2, -0.15) is 0 Å². The first-order valence-corrected chi connectivity index (χ1v) is 12.0. The second-order valence-corrected chi connectivity index (χ2v) is 11.5. The predicted molar refractivity (Wildman–Crippen MR) is 111 cm³/mol. The molecule has 0 N–H and O–H groups in total. The van der Waals surface area contributed by atoms with E-state index in [0.29, 0.717) is 0 Å². The van der Waals surface area contributed by atoms with Gasteiger partial charge < -0.3 is 4.52 Å². The summed E-state index contributed by atoms with van der Waals surface area (Å²) >= 11 is 10.6. The zero-order valence-corrected chi connectivity index (χ0v) is 18.2. The van der Waals surface area contributed by atoms with Gasteiger partial charge in [0.2, 0.25) is 0 Å². The van der Waals surface area contributed by atoms with Gasteiger partial charge in [-0.1, -0.05) is 67.0 Å². The van der Waals surface area contributed by atoms with E-state index in [1.165, 1.54) is 36.0 Å². The average Bonchev–Trinajstić information content (AvgIpc) is 2.44. The number of allylic oxidation sites excluding steroid dienone is 9. The van der Waals surface area contributed by atoms with Gasteiger partial charge in [-0.15, -0.1) is 0 Å². The molecule has 0 fully saturated rings. The summed E-state index contributed by atoms with van der Waals surface area (Å²) in [6.07, 6.45) is 12.5. The van der Waals surface area contributed by atoms with Crippen LogP contribution in [0.15, 0.2) is 58.7 Å². The molecule has 2 nitrogen and oxygen atoms in total. The third-order valence-electron chi connectivity index (χ3n) is 4.40. The fraction of sp³-hybridized carbons (Fsp3) is 0.500. The monoisotopic (exact) mass is 402 g/mol. The van der Waals surface area contributed by atoms with Crippen molar-refractivity contribution >= 4 is 28.6 Å². The molecule has 0 saturated heterocycles. The summed E-state index contributed by atoms with van der Waals surface area (Å²) in [5, 5.41) is 0. The number of hydrogen-bond donors (Lipinski definition) is 0. The van der Waals surface area contributed by atoms with E-state index in [0.717, 1.165) is 5.57 Å². The van der Waals surface area contributed by atoms with Crippen molar-refractivity contribution in [2.45, 2.75) is 53.9 Å². The summed E-state index contributed by atoms with van der Waals surface area (Å²) in [7, 11) is 0. The molecule has 0 unspecified atom stereocenters. The van der Waals surface area contributed by atoms with Crippen LogP contribution in [-0.4, -0.2) is 6.61 Å². The molecule has 0 radical (unpaired) electrons. The molecule has 0 atom stereocenters. The average molecular weight is 403 g/mol. The molecular weight excluding hydrogens is 374 g/mol. The van der Waals surface area contributed by atoms with Crippen LogP contribution in [0.2, 0.25) is 0 Å². The van der Waals surface area contributed by atoms with Gasteiger partial charge in [0.1, 0.15) is 0 Å². The van der Waals surface area contributed by atoms with Crippen LogP contribution < -0.4 is 0 Å². The van der Waals surface area contributed by atoms with E-state index >= 15 is 0 Å². The summed E-state index contributed by atoms with van der Waals surface area (Å²) in [6.45, 7) is 11.1. The summed E-state index contributed by atoms with van der Waals surface area (Å²) in [4.78, 5) is 0. The van der Waals surface area contributed by atoms with Gasteiger partial charge in [0.25, 0.3) is 0 Å². The van der Waals surface area contributed by atoms with Crippen LogP contribution in [0, 0.1) is 5.41 Å². The third kappa shape index (κ3) is 9.11. The van der Waals surface area contributed by atoms with Crippen molar-refractivity contribution in [2.75, 3.05) is 6.61 Å². The van der Waals surface area contributed by atoms with Gasteiger partial charge in [-0.25, -0.2) is 0 Å². The Morgan fingerprint density at radius 3 is 2.52 bits per heavy atom. The van der Waals surface area contributed by atoms with Crippen LogP contribution in [-0.2, 0) is 9.09 Å². The molecule has 1 aliphatic carbocycles. The smallest absolute Gasteiger partial charge is 0.302 e. The summed E-state index contributed by atoms with van der Waals surface area (Å²) < 4.78 is 15.8. The molecule has 0 amide bonds. The highest BCUT2D eigenvalue weighted by atomic mass is 35.9. The lowest BCUT2D eigenvalue weighted by atomic mass is 9.72. The zero-order chi connectivity index (χ0) is 19.1. The molecule has 0 aromatic heterocycles. The van der Waals surface area contributed by atoms with E-state index in [2.05, 4.69) is 45.9 Å². The Bertz CT molecular complexity index is 661. The second kappa shape index (κ2) is 9.97. The zero-order valence-electron chi connectivity index (χ0n) is 15.8. The Labute approximate surface area is 162 Å². The van der Waals surface area contributed by atoms with E-state index < -0.39 is 6.07 Å². The van der Waals surface area contributed by atoms with Gasteiger partial charge >= 0.3 is 6.07 Å². The fourth-order valence-corrected chi connectivity index (χ4v) is 3.54. The van der Waals surface area contributed by atoms with Gasteiger partial charge in [0.15, 0.2) is 0 Å². The molecule has 0 aromatic rings. The van der Waals surface area contributed by atoms with E-state index in [-0.39, 0.29) is 12.0 Å². The fourth-order valence-electron chi connectivity index (χ4n) is 2.96. The lowest BCUT2D eigenvalue weighted by Gasteiger charge is -2.32. The number of halogens is 2. The predicted octanol–water partition coefficient (Wildman–Crippen LogP) is 8.12. The third-order valence-corrected chi connectivity index (χ3v) is 5.44. The van der Waals surface area contributed by atoms with Crippen molar-refractivity contribution < 1.29 is 9.09 Å². The molecule has 1 aliphatic rings. The quantitative estimate of drug-likeness (QED) is 0.317. The van der Waals surface area contributed by atoms with Crippen LogP contribution in [0.25, 0.3) is 0 Å². The Kier molecular flexibility index (Phi) is 8.98. The number of rotatable bonds is 7. The molecule has 0 aliphatic heterocycles. The van der Waals surface area contributed by atoms with E-state index in [1.807, 2.05) is 19.1 Å². The first-order valence-electron chi connectivity index (χ1n) is 8.55. The Morgan fingerprint density at radius 1 is 1.24 bits per heavy atom. The second-order valence-electron chi connectivity index (χ2n) is 7.19. The highest BCUT2D eigenvalue weighted by molar-refractivity contribution is 8.05. The van der Waals surface area contributed by atoms with Crippen LogP contribution in [0.5, 0.6) is 0 Å². The van der Waals surface area contributed by atoms with Crippen molar-refractivity contribution in [1.29, 1.82) is 0 Å². The maximum absolute atomic E-state index is 11.0. The Morgan fingerprint density at radius 2 is 1.92 bits per heavy atom. The van der Waals surface area contributed by atoms with Crippen molar-refractivity contribution in [3.05, 3.63) is 58.7 Å². The molecule has 140 valence electrons.